The van der Waals surface area contributed by atoms with Gasteiger partial charge in [-0.05, 0) is 30.7 Å². The molecule has 0 unspecified atom stereocenters. The smallest absolute Gasteiger partial charge is 0.178 e. The van der Waals surface area contributed by atoms with E-state index in [-0.39, 0.29) is 0 Å². The van der Waals surface area contributed by atoms with Crippen LogP contribution in [-0.2, 0) is 0 Å². The van der Waals surface area contributed by atoms with Crippen molar-refractivity contribution in [3.63, 3.8) is 0 Å². The highest BCUT2D eigenvalue weighted by Crippen LogP contribution is 2.37. The maximum atomic E-state index is 4.55. The topological polar surface area (TPSA) is 43.6 Å². The number of hydrogen-bond donors (Lipinski definition) is 0. The fourth-order valence-electron chi connectivity index (χ4n) is 4.36. The third-order valence-corrected chi connectivity index (χ3v) is 5.68. The summed E-state index contributed by atoms with van der Waals surface area (Å²) in [6.45, 7) is 2.16. The van der Waals surface area contributed by atoms with E-state index in [1.54, 1.807) is 12.4 Å². The SMILES string of the molecule is Cc1cccc(-c2cnc3nccnc3c2)c1-n1c2ccccc2c2ccccc21. The van der Waals surface area contributed by atoms with Crippen LogP contribution < -0.4 is 0 Å². The van der Waals surface area contributed by atoms with Gasteiger partial charge in [0, 0.05) is 40.5 Å². The molecule has 4 heteroatoms. The molecule has 0 saturated heterocycles. The van der Waals surface area contributed by atoms with Gasteiger partial charge >= 0.3 is 0 Å². The van der Waals surface area contributed by atoms with E-state index in [0.29, 0.717) is 5.65 Å². The molecule has 6 aromatic rings. The molecule has 0 N–H and O–H groups in total. The third kappa shape index (κ3) is 2.44. The Labute approximate surface area is 173 Å². The van der Waals surface area contributed by atoms with Crippen molar-refractivity contribution in [2.75, 3.05) is 0 Å². The zero-order valence-corrected chi connectivity index (χ0v) is 16.4. The highest BCUT2D eigenvalue weighted by Gasteiger charge is 2.17. The summed E-state index contributed by atoms with van der Waals surface area (Å²) < 4.78 is 2.37. The van der Waals surface area contributed by atoms with Crippen molar-refractivity contribution in [2.24, 2.45) is 0 Å². The summed E-state index contributed by atoms with van der Waals surface area (Å²) in [7, 11) is 0. The number of pyridine rings is 1. The number of hydrogen-bond acceptors (Lipinski definition) is 3. The van der Waals surface area contributed by atoms with Crippen molar-refractivity contribution < 1.29 is 0 Å². The quantitative estimate of drug-likeness (QED) is 0.361. The van der Waals surface area contributed by atoms with Crippen molar-refractivity contribution in [2.45, 2.75) is 6.92 Å². The van der Waals surface area contributed by atoms with Crippen LogP contribution in [0, 0.1) is 6.92 Å². The predicted molar refractivity (Wildman–Crippen MR) is 122 cm³/mol. The van der Waals surface area contributed by atoms with Crippen LogP contribution in [0.5, 0.6) is 0 Å². The van der Waals surface area contributed by atoms with Crippen LogP contribution in [0.2, 0.25) is 0 Å². The Morgan fingerprint density at radius 1 is 0.700 bits per heavy atom. The van der Waals surface area contributed by atoms with Gasteiger partial charge in [0.25, 0.3) is 0 Å². The molecule has 142 valence electrons. The summed E-state index contributed by atoms with van der Waals surface area (Å²) in [6, 6.07) is 25.7. The molecule has 30 heavy (non-hydrogen) atoms. The first kappa shape index (κ1) is 16.9. The summed E-state index contributed by atoms with van der Waals surface area (Å²) in [5, 5.41) is 2.51. The molecule has 0 bridgehead atoms. The average Bonchev–Trinajstić information content (AvgIpc) is 3.13. The van der Waals surface area contributed by atoms with Gasteiger partial charge in [-0.3, -0.25) is 4.98 Å². The van der Waals surface area contributed by atoms with Crippen molar-refractivity contribution >= 4 is 33.0 Å². The van der Waals surface area contributed by atoms with Crippen LogP contribution in [0.1, 0.15) is 5.56 Å². The highest BCUT2D eigenvalue weighted by molar-refractivity contribution is 6.09. The molecule has 0 spiro atoms. The van der Waals surface area contributed by atoms with Crippen molar-refractivity contribution in [3.8, 4) is 16.8 Å². The van der Waals surface area contributed by atoms with Crippen molar-refractivity contribution in [3.05, 3.63) is 97.0 Å². The number of para-hydroxylation sites is 3. The molecule has 3 heterocycles. The van der Waals surface area contributed by atoms with E-state index in [1.165, 1.54) is 33.1 Å². The van der Waals surface area contributed by atoms with Crippen LogP contribution in [0.3, 0.4) is 0 Å². The number of fused-ring (bicyclic) bond motifs is 4. The number of aryl methyl sites for hydroxylation is 1. The maximum Gasteiger partial charge on any atom is 0.178 e. The third-order valence-electron chi connectivity index (χ3n) is 5.68. The Kier molecular flexibility index (Phi) is 3.65. The molecule has 0 radical (unpaired) electrons. The summed E-state index contributed by atoms with van der Waals surface area (Å²) >= 11 is 0. The van der Waals surface area contributed by atoms with Gasteiger partial charge in [-0.1, -0.05) is 54.6 Å². The standard InChI is InChI=1S/C26H18N4/c1-17-7-6-10-19(18-15-22-26(29-16-18)28-14-13-27-22)25(17)30-23-11-4-2-8-20(23)21-9-3-5-12-24(21)30/h2-16H,1H3. The lowest BCUT2D eigenvalue weighted by molar-refractivity contribution is 1.15. The van der Waals surface area contributed by atoms with Gasteiger partial charge in [-0.25, -0.2) is 9.97 Å². The van der Waals surface area contributed by atoms with Crippen LogP contribution in [0.4, 0.5) is 0 Å². The molecule has 0 amide bonds. The average molecular weight is 386 g/mol. The minimum atomic E-state index is 0.660. The normalized spacial score (nSPS) is 11.5. The van der Waals surface area contributed by atoms with Gasteiger partial charge in [0.05, 0.1) is 16.7 Å². The van der Waals surface area contributed by atoms with E-state index in [0.717, 1.165) is 16.6 Å². The van der Waals surface area contributed by atoms with Gasteiger partial charge < -0.3 is 4.57 Å². The highest BCUT2D eigenvalue weighted by atomic mass is 15.0. The van der Waals surface area contributed by atoms with Gasteiger partial charge in [0.1, 0.15) is 5.52 Å². The zero-order valence-electron chi connectivity index (χ0n) is 16.4. The lowest BCUT2D eigenvalue weighted by Gasteiger charge is -2.17. The summed E-state index contributed by atoms with van der Waals surface area (Å²) in [5.74, 6) is 0. The van der Waals surface area contributed by atoms with Gasteiger partial charge in [0.2, 0.25) is 0 Å². The Balaban J connectivity index is 1.72. The van der Waals surface area contributed by atoms with E-state index < -0.39 is 0 Å². The molecule has 0 aliphatic carbocycles. The van der Waals surface area contributed by atoms with E-state index in [9.17, 15) is 0 Å². The van der Waals surface area contributed by atoms with E-state index in [4.69, 9.17) is 0 Å². The summed E-state index contributed by atoms with van der Waals surface area (Å²) in [4.78, 5) is 13.3. The second kappa shape index (κ2) is 6.49. The van der Waals surface area contributed by atoms with Crippen LogP contribution in [0.15, 0.2) is 91.4 Å². The molecule has 3 aromatic heterocycles. The fourth-order valence-corrected chi connectivity index (χ4v) is 4.36. The Morgan fingerprint density at radius 2 is 1.40 bits per heavy atom. The predicted octanol–water partition coefficient (Wildman–Crippen LogP) is 6.10. The van der Waals surface area contributed by atoms with Crippen LogP contribution >= 0.6 is 0 Å². The van der Waals surface area contributed by atoms with E-state index in [2.05, 4.69) is 99.2 Å². The molecule has 0 saturated carbocycles. The molecule has 6 rings (SSSR count). The maximum absolute atomic E-state index is 4.55. The van der Waals surface area contributed by atoms with E-state index in [1.807, 2.05) is 6.20 Å². The van der Waals surface area contributed by atoms with Gasteiger partial charge in [-0.15, -0.1) is 0 Å². The number of nitrogens with zero attached hydrogens (tertiary/aromatic N) is 4. The van der Waals surface area contributed by atoms with Crippen LogP contribution in [0.25, 0.3) is 49.8 Å². The monoisotopic (exact) mass is 386 g/mol. The Morgan fingerprint density at radius 3 is 2.17 bits per heavy atom. The van der Waals surface area contributed by atoms with Gasteiger partial charge in [0.15, 0.2) is 5.65 Å². The molecule has 4 nitrogen and oxygen atoms in total. The zero-order chi connectivity index (χ0) is 20.1. The van der Waals surface area contributed by atoms with E-state index >= 15 is 0 Å². The summed E-state index contributed by atoms with van der Waals surface area (Å²) in [6.07, 6.45) is 5.27. The minimum Gasteiger partial charge on any atom is -0.308 e. The molecule has 0 atom stereocenters. The molecule has 3 aromatic carbocycles. The number of benzene rings is 3. The molecule has 0 aliphatic heterocycles. The molecule has 0 fully saturated rings. The second-order valence-corrected chi connectivity index (χ2v) is 7.46. The molecular formula is C26H18N4. The lowest BCUT2D eigenvalue weighted by Crippen LogP contribution is -2.00. The van der Waals surface area contributed by atoms with Crippen molar-refractivity contribution in [1.82, 2.24) is 19.5 Å². The van der Waals surface area contributed by atoms with Gasteiger partial charge in [-0.2, -0.15) is 0 Å². The molecule has 0 aliphatic rings. The first-order chi connectivity index (χ1) is 14.8. The lowest BCUT2D eigenvalue weighted by atomic mass is 10.0. The number of aromatic nitrogens is 4. The number of rotatable bonds is 2. The fraction of sp³-hybridized carbons (Fsp3) is 0.0385. The minimum absolute atomic E-state index is 0.660. The largest absolute Gasteiger partial charge is 0.308 e. The van der Waals surface area contributed by atoms with Crippen LogP contribution in [-0.4, -0.2) is 19.5 Å². The summed E-state index contributed by atoms with van der Waals surface area (Å²) in [5.41, 5.74) is 8.38. The van der Waals surface area contributed by atoms with Crippen molar-refractivity contribution in [1.29, 1.82) is 0 Å². The Hall–Kier alpha value is -4.05. The Bertz CT molecular complexity index is 1510. The molecular weight excluding hydrogens is 368 g/mol. The second-order valence-electron chi connectivity index (χ2n) is 7.46. The first-order valence-corrected chi connectivity index (χ1v) is 9.96. The first-order valence-electron chi connectivity index (χ1n) is 9.96.